The lowest BCUT2D eigenvalue weighted by Crippen LogP contribution is -2.30. The molecule has 2 amide bonds. The van der Waals surface area contributed by atoms with E-state index in [2.05, 4.69) is 26.1 Å². The van der Waals surface area contributed by atoms with Gasteiger partial charge in [0.15, 0.2) is 0 Å². The van der Waals surface area contributed by atoms with Gasteiger partial charge < -0.3 is 10.1 Å². The number of urea groups is 1. The highest BCUT2D eigenvalue weighted by Crippen LogP contribution is 2.36. The van der Waals surface area contributed by atoms with Gasteiger partial charge in [0.2, 0.25) is 0 Å². The zero-order valence-corrected chi connectivity index (χ0v) is 12.4. The molecule has 0 heterocycles. The summed E-state index contributed by atoms with van der Waals surface area (Å²) in [4.78, 5) is 16.6. The fraction of sp³-hybridized carbons (Fsp3) is 0.500. The van der Waals surface area contributed by atoms with E-state index in [0.717, 1.165) is 10.6 Å². The number of methoxy groups -OCH3 is 1. The molecule has 1 rings (SSSR count). The summed E-state index contributed by atoms with van der Waals surface area (Å²) >= 11 is 0. The number of ether oxygens (including phenoxy) is 1. The minimum Gasteiger partial charge on any atom is -0.494 e. The van der Waals surface area contributed by atoms with E-state index in [-0.39, 0.29) is 11.4 Å². The molecule has 1 N–H and O–H groups in total. The second kappa shape index (κ2) is 5.93. The number of benzene rings is 1. The van der Waals surface area contributed by atoms with Crippen molar-refractivity contribution in [3.8, 4) is 5.75 Å². The van der Waals surface area contributed by atoms with Crippen molar-refractivity contribution in [3.63, 3.8) is 0 Å². The smallest absolute Gasteiger partial charge is 0.345 e. The zero-order valence-electron chi connectivity index (χ0n) is 12.4. The molecule has 1 aromatic carbocycles. The number of hydrogen-bond donors (Lipinski definition) is 1. The highest BCUT2D eigenvalue weighted by Gasteiger charge is 2.22. The van der Waals surface area contributed by atoms with Crippen LogP contribution in [0.25, 0.3) is 0 Å². The molecule has 0 fully saturated rings. The molecule has 0 saturated carbocycles. The van der Waals surface area contributed by atoms with E-state index in [1.54, 1.807) is 13.2 Å². The van der Waals surface area contributed by atoms with E-state index in [0.29, 0.717) is 11.4 Å². The molecule has 0 aliphatic carbocycles. The fourth-order valence-corrected chi connectivity index (χ4v) is 1.72. The number of para-hydroxylation sites is 1. The summed E-state index contributed by atoms with van der Waals surface area (Å²) in [6.45, 7) is 6.28. The van der Waals surface area contributed by atoms with Gasteiger partial charge in [-0.15, -0.1) is 0 Å². The number of anilines is 1. The highest BCUT2D eigenvalue weighted by atomic mass is 16.7. The summed E-state index contributed by atoms with van der Waals surface area (Å²) < 4.78 is 5.44. The molecule has 106 valence electrons. The van der Waals surface area contributed by atoms with Crippen LogP contribution in [0, 0.1) is 0 Å². The van der Waals surface area contributed by atoms with E-state index in [1.807, 2.05) is 12.1 Å². The molecule has 0 aromatic heterocycles. The lowest BCUT2D eigenvalue weighted by Gasteiger charge is -2.24. The molecule has 0 bridgehead atoms. The van der Waals surface area contributed by atoms with Crippen LogP contribution in [0.2, 0.25) is 0 Å². The number of hydrogen-bond acceptors (Lipinski definition) is 3. The van der Waals surface area contributed by atoms with Crippen LogP contribution >= 0.6 is 0 Å². The Morgan fingerprint density at radius 2 is 1.89 bits per heavy atom. The molecule has 0 aliphatic rings. The minimum absolute atomic E-state index is 0.0702. The molecule has 0 radical (unpaired) electrons. The van der Waals surface area contributed by atoms with Gasteiger partial charge in [0.1, 0.15) is 5.75 Å². The maximum atomic E-state index is 11.8. The third kappa shape index (κ3) is 3.61. The molecular weight excluding hydrogens is 244 g/mol. The summed E-state index contributed by atoms with van der Waals surface area (Å²) in [5, 5.41) is 3.88. The first-order valence-electron chi connectivity index (χ1n) is 6.07. The first-order chi connectivity index (χ1) is 8.81. The van der Waals surface area contributed by atoms with Crippen LogP contribution < -0.4 is 10.1 Å². The number of carbonyl (C=O) groups excluding carboxylic acids is 1. The average molecular weight is 266 g/mol. The third-order valence-corrected chi connectivity index (χ3v) is 2.83. The molecule has 0 atom stereocenters. The number of amides is 2. The largest absolute Gasteiger partial charge is 0.494 e. The molecule has 0 unspecified atom stereocenters. The lowest BCUT2D eigenvalue weighted by molar-refractivity contribution is -0.0598. The average Bonchev–Trinajstić information content (AvgIpc) is 2.36. The molecule has 0 spiro atoms. The van der Waals surface area contributed by atoms with Crippen molar-refractivity contribution in [2.45, 2.75) is 26.2 Å². The monoisotopic (exact) mass is 266 g/mol. The first-order valence-corrected chi connectivity index (χ1v) is 6.07. The van der Waals surface area contributed by atoms with E-state index in [9.17, 15) is 4.79 Å². The zero-order chi connectivity index (χ0) is 14.6. The summed E-state index contributed by atoms with van der Waals surface area (Å²) in [7, 11) is 4.57. The standard InChI is InChI=1S/C14H22N2O3/c1-14(2,3)10-8-7-9-11(12(10)18-5)15-13(17)16(4)19-6/h7-9H,1-6H3,(H,15,17). The maximum Gasteiger partial charge on any atom is 0.345 e. The Hall–Kier alpha value is -1.75. The summed E-state index contributed by atoms with van der Waals surface area (Å²) in [6.07, 6.45) is 0. The van der Waals surface area contributed by atoms with Crippen molar-refractivity contribution in [2.75, 3.05) is 26.6 Å². The van der Waals surface area contributed by atoms with E-state index in [1.165, 1.54) is 14.2 Å². The van der Waals surface area contributed by atoms with Gasteiger partial charge in [-0.2, -0.15) is 0 Å². The summed E-state index contributed by atoms with van der Waals surface area (Å²) in [5.41, 5.74) is 1.59. The van der Waals surface area contributed by atoms with Crippen molar-refractivity contribution in [1.29, 1.82) is 0 Å². The Morgan fingerprint density at radius 1 is 1.26 bits per heavy atom. The van der Waals surface area contributed by atoms with Crippen LogP contribution in [0.1, 0.15) is 26.3 Å². The summed E-state index contributed by atoms with van der Waals surface area (Å²) in [5.74, 6) is 0.674. The van der Waals surface area contributed by atoms with Gasteiger partial charge in [-0.25, -0.2) is 9.86 Å². The predicted molar refractivity (Wildman–Crippen MR) is 75.5 cm³/mol. The van der Waals surface area contributed by atoms with Crippen molar-refractivity contribution >= 4 is 11.7 Å². The van der Waals surface area contributed by atoms with E-state index < -0.39 is 0 Å². The molecule has 5 heteroatoms. The molecule has 0 saturated heterocycles. The van der Waals surface area contributed by atoms with Crippen molar-refractivity contribution in [1.82, 2.24) is 5.06 Å². The number of nitrogens with zero attached hydrogens (tertiary/aromatic N) is 1. The van der Waals surface area contributed by atoms with Crippen molar-refractivity contribution < 1.29 is 14.4 Å². The Morgan fingerprint density at radius 3 is 2.37 bits per heavy atom. The molecule has 19 heavy (non-hydrogen) atoms. The van der Waals surface area contributed by atoms with Gasteiger partial charge >= 0.3 is 6.03 Å². The van der Waals surface area contributed by atoms with Crippen LogP contribution in [-0.2, 0) is 10.3 Å². The van der Waals surface area contributed by atoms with Crippen LogP contribution in [0.5, 0.6) is 5.75 Å². The lowest BCUT2D eigenvalue weighted by atomic mass is 9.86. The highest BCUT2D eigenvalue weighted by molar-refractivity contribution is 5.90. The predicted octanol–water partition coefficient (Wildman–Crippen LogP) is 3.02. The summed E-state index contributed by atoms with van der Waals surface area (Å²) in [6, 6.07) is 5.34. The van der Waals surface area contributed by atoms with Crippen molar-refractivity contribution in [2.24, 2.45) is 0 Å². The Labute approximate surface area is 114 Å². The SMILES string of the molecule is COc1c(NC(=O)N(C)OC)cccc1C(C)(C)C. The molecule has 5 nitrogen and oxygen atoms in total. The second-order valence-electron chi connectivity index (χ2n) is 5.25. The van der Waals surface area contributed by atoms with Gasteiger partial charge in [0, 0.05) is 12.6 Å². The van der Waals surface area contributed by atoms with Crippen LogP contribution in [-0.4, -0.2) is 32.4 Å². The Balaban J connectivity index is 3.12. The number of nitrogens with one attached hydrogen (secondary N) is 1. The van der Waals surface area contributed by atoms with Gasteiger partial charge in [0.25, 0.3) is 0 Å². The van der Waals surface area contributed by atoms with E-state index in [4.69, 9.17) is 9.57 Å². The van der Waals surface area contributed by atoms with Crippen LogP contribution in [0.3, 0.4) is 0 Å². The number of carbonyl (C=O) groups is 1. The van der Waals surface area contributed by atoms with Gasteiger partial charge in [-0.05, 0) is 11.5 Å². The topological polar surface area (TPSA) is 50.8 Å². The quantitative estimate of drug-likeness (QED) is 0.856. The molecule has 1 aromatic rings. The number of rotatable bonds is 3. The first kappa shape index (κ1) is 15.3. The van der Waals surface area contributed by atoms with Gasteiger partial charge in [0.05, 0.1) is 19.9 Å². The Kier molecular flexibility index (Phi) is 4.78. The van der Waals surface area contributed by atoms with Crippen molar-refractivity contribution in [3.05, 3.63) is 23.8 Å². The third-order valence-electron chi connectivity index (χ3n) is 2.83. The molecular formula is C14H22N2O3. The van der Waals surface area contributed by atoms with E-state index >= 15 is 0 Å². The van der Waals surface area contributed by atoms with Gasteiger partial charge in [-0.1, -0.05) is 32.9 Å². The fourth-order valence-electron chi connectivity index (χ4n) is 1.72. The molecule has 0 aliphatic heterocycles. The minimum atomic E-state index is -0.355. The normalized spacial score (nSPS) is 11.1. The van der Waals surface area contributed by atoms with Gasteiger partial charge in [-0.3, -0.25) is 4.84 Å². The van der Waals surface area contributed by atoms with Crippen LogP contribution in [0.15, 0.2) is 18.2 Å². The Bertz CT molecular complexity index is 452. The maximum absolute atomic E-state index is 11.8. The number of hydroxylamine groups is 2. The second-order valence-corrected chi connectivity index (χ2v) is 5.25. The van der Waals surface area contributed by atoms with Crippen LogP contribution in [0.4, 0.5) is 10.5 Å².